The standard InChI is InChI=1S/C28H47IO3/c1-2-3-4-5-6-7-8-9-10-11-12-13-14-15-19-22-28(30)32-27(23-29)25-31-24-26-20-17-16-18-21-26/h16-18,20-21,27H,2-15,19,22-25H2,1H3/t27-/m1/s1. The molecule has 0 aromatic heterocycles. The second kappa shape index (κ2) is 22.2. The van der Waals surface area contributed by atoms with Gasteiger partial charge in [-0.3, -0.25) is 4.79 Å². The first-order valence-electron chi connectivity index (χ1n) is 13.1. The third-order valence-corrected chi connectivity index (χ3v) is 6.85. The lowest BCUT2D eigenvalue weighted by atomic mass is 10.0. The molecule has 0 aliphatic carbocycles. The van der Waals surface area contributed by atoms with Crippen LogP contribution >= 0.6 is 22.6 Å². The van der Waals surface area contributed by atoms with Crippen LogP contribution in [0.2, 0.25) is 0 Å². The summed E-state index contributed by atoms with van der Waals surface area (Å²) in [5.41, 5.74) is 1.14. The first-order chi connectivity index (χ1) is 15.8. The topological polar surface area (TPSA) is 35.5 Å². The fraction of sp³-hybridized carbons (Fsp3) is 0.750. The minimum atomic E-state index is -0.150. The highest BCUT2D eigenvalue weighted by Crippen LogP contribution is 2.14. The van der Waals surface area contributed by atoms with Crippen LogP contribution in [-0.2, 0) is 20.9 Å². The molecular weight excluding hydrogens is 511 g/mol. The minimum Gasteiger partial charge on any atom is -0.459 e. The third kappa shape index (κ3) is 17.9. The fourth-order valence-electron chi connectivity index (χ4n) is 3.88. The summed E-state index contributed by atoms with van der Waals surface area (Å²) in [4.78, 5) is 12.1. The number of hydrogen-bond acceptors (Lipinski definition) is 3. The largest absolute Gasteiger partial charge is 0.459 e. The van der Waals surface area contributed by atoms with Crippen molar-refractivity contribution in [3.63, 3.8) is 0 Å². The molecule has 0 heterocycles. The van der Waals surface area contributed by atoms with E-state index in [4.69, 9.17) is 9.47 Å². The van der Waals surface area contributed by atoms with Crippen molar-refractivity contribution in [2.24, 2.45) is 0 Å². The SMILES string of the molecule is CCCCCCCCCCCCCCCCCC(=O)O[C@H](CI)COCc1ccccc1. The Hall–Kier alpha value is -0.620. The molecule has 0 saturated heterocycles. The van der Waals surface area contributed by atoms with Gasteiger partial charge in [0.15, 0.2) is 0 Å². The Morgan fingerprint density at radius 3 is 1.78 bits per heavy atom. The van der Waals surface area contributed by atoms with Crippen molar-refractivity contribution in [3.8, 4) is 0 Å². The molecule has 0 radical (unpaired) electrons. The molecule has 0 amide bonds. The molecule has 0 aliphatic heterocycles. The number of ether oxygens (including phenoxy) is 2. The van der Waals surface area contributed by atoms with Gasteiger partial charge in [-0.1, -0.05) is 150 Å². The Morgan fingerprint density at radius 2 is 1.28 bits per heavy atom. The van der Waals surface area contributed by atoms with Gasteiger partial charge in [-0.2, -0.15) is 0 Å². The van der Waals surface area contributed by atoms with E-state index >= 15 is 0 Å². The van der Waals surface area contributed by atoms with Crippen LogP contribution in [0.25, 0.3) is 0 Å². The molecule has 184 valence electrons. The zero-order valence-corrected chi connectivity index (χ0v) is 22.7. The van der Waals surface area contributed by atoms with Crippen molar-refractivity contribution in [1.82, 2.24) is 0 Å². The van der Waals surface area contributed by atoms with E-state index in [0.29, 0.717) is 19.6 Å². The molecular formula is C28H47IO3. The Kier molecular flexibility index (Phi) is 20.4. The molecule has 1 atom stereocenters. The first-order valence-corrected chi connectivity index (χ1v) is 14.7. The molecule has 4 heteroatoms. The van der Waals surface area contributed by atoms with Crippen LogP contribution in [-0.4, -0.2) is 23.1 Å². The molecule has 0 aliphatic rings. The Bertz CT molecular complexity index is 535. The highest BCUT2D eigenvalue weighted by molar-refractivity contribution is 14.1. The number of halogens is 1. The highest BCUT2D eigenvalue weighted by Gasteiger charge is 2.13. The number of carbonyl (C=O) groups is 1. The van der Waals surface area contributed by atoms with Gasteiger partial charge in [-0.25, -0.2) is 0 Å². The zero-order valence-electron chi connectivity index (χ0n) is 20.5. The average molecular weight is 559 g/mol. The molecule has 0 saturated carbocycles. The third-order valence-electron chi connectivity index (χ3n) is 5.87. The number of benzene rings is 1. The number of alkyl halides is 1. The van der Waals surface area contributed by atoms with Crippen molar-refractivity contribution in [1.29, 1.82) is 0 Å². The van der Waals surface area contributed by atoms with Gasteiger partial charge in [0.1, 0.15) is 6.10 Å². The molecule has 0 spiro atoms. The second-order valence-corrected chi connectivity index (χ2v) is 9.85. The fourth-order valence-corrected chi connectivity index (χ4v) is 4.31. The van der Waals surface area contributed by atoms with Crippen molar-refractivity contribution in [2.75, 3.05) is 11.0 Å². The second-order valence-electron chi connectivity index (χ2n) is 8.97. The summed E-state index contributed by atoms with van der Waals surface area (Å²) in [7, 11) is 0. The monoisotopic (exact) mass is 558 g/mol. The summed E-state index contributed by atoms with van der Waals surface area (Å²) in [5.74, 6) is -0.0790. The van der Waals surface area contributed by atoms with Gasteiger partial charge in [0.25, 0.3) is 0 Å². The van der Waals surface area contributed by atoms with E-state index in [2.05, 4.69) is 29.5 Å². The van der Waals surface area contributed by atoms with E-state index in [-0.39, 0.29) is 12.1 Å². The molecule has 0 N–H and O–H groups in total. The van der Waals surface area contributed by atoms with E-state index in [1.54, 1.807) is 0 Å². The lowest BCUT2D eigenvalue weighted by Gasteiger charge is -2.16. The van der Waals surface area contributed by atoms with Crippen LogP contribution in [0.3, 0.4) is 0 Å². The summed E-state index contributed by atoms with van der Waals surface area (Å²) >= 11 is 2.26. The van der Waals surface area contributed by atoms with Gasteiger partial charge in [-0.05, 0) is 12.0 Å². The molecule has 1 rings (SSSR count). The molecule has 0 fully saturated rings. The zero-order chi connectivity index (χ0) is 23.1. The van der Waals surface area contributed by atoms with Gasteiger partial charge in [0, 0.05) is 10.8 Å². The van der Waals surface area contributed by atoms with Crippen LogP contribution < -0.4 is 0 Å². The van der Waals surface area contributed by atoms with Gasteiger partial charge in [0.2, 0.25) is 0 Å². The smallest absolute Gasteiger partial charge is 0.306 e. The average Bonchev–Trinajstić information content (AvgIpc) is 2.81. The highest BCUT2D eigenvalue weighted by atomic mass is 127. The van der Waals surface area contributed by atoms with Crippen LogP contribution in [0.1, 0.15) is 115 Å². The summed E-state index contributed by atoms with van der Waals surface area (Å²) < 4.78 is 12.1. The Labute approximate surface area is 211 Å². The van der Waals surface area contributed by atoms with Crippen LogP contribution in [0, 0.1) is 0 Å². The summed E-state index contributed by atoms with van der Waals surface area (Å²) in [6, 6.07) is 10.1. The maximum absolute atomic E-state index is 12.1. The minimum absolute atomic E-state index is 0.0790. The molecule has 0 bridgehead atoms. The van der Waals surface area contributed by atoms with E-state index < -0.39 is 0 Å². The molecule has 1 aromatic carbocycles. The van der Waals surface area contributed by atoms with E-state index in [9.17, 15) is 4.79 Å². The van der Waals surface area contributed by atoms with Crippen molar-refractivity contribution >= 4 is 28.6 Å². The normalized spacial score (nSPS) is 12.1. The van der Waals surface area contributed by atoms with Crippen molar-refractivity contribution in [3.05, 3.63) is 35.9 Å². The quantitative estimate of drug-likeness (QED) is 0.0618. The van der Waals surface area contributed by atoms with Gasteiger partial charge in [-0.15, -0.1) is 0 Å². The van der Waals surface area contributed by atoms with Crippen LogP contribution in [0.4, 0.5) is 0 Å². The van der Waals surface area contributed by atoms with E-state index in [0.717, 1.165) is 22.8 Å². The number of rotatable bonds is 22. The Balaban J connectivity index is 1.88. The number of unbranched alkanes of at least 4 members (excludes halogenated alkanes) is 14. The van der Waals surface area contributed by atoms with Gasteiger partial charge < -0.3 is 9.47 Å². The van der Waals surface area contributed by atoms with Crippen molar-refractivity contribution < 1.29 is 14.3 Å². The van der Waals surface area contributed by atoms with Crippen molar-refractivity contribution in [2.45, 2.75) is 122 Å². The molecule has 3 nitrogen and oxygen atoms in total. The van der Waals surface area contributed by atoms with E-state index in [1.165, 1.54) is 83.5 Å². The van der Waals surface area contributed by atoms with E-state index in [1.807, 2.05) is 30.3 Å². The number of esters is 1. The Morgan fingerprint density at radius 1 is 0.781 bits per heavy atom. The van der Waals surface area contributed by atoms with Crippen LogP contribution in [0.15, 0.2) is 30.3 Å². The molecule has 0 unspecified atom stereocenters. The first kappa shape index (κ1) is 29.4. The lowest BCUT2D eigenvalue weighted by Crippen LogP contribution is -2.25. The maximum atomic E-state index is 12.1. The predicted octanol–water partition coefficient (Wildman–Crippen LogP) is 8.81. The van der Waals surface area contributed by atoms with Gasteiger partial charge >= 0.3 is 5.97 Å². The maximum Gasteiger partial charge on any atom is 0.306 e. The summed E-state index contributed by atoms with van der Waals surface area (Å²) in [6.07, 6.45) is 20.4. The summed E-state index contributed by atoms with van der Waals surface area (Å²) in [6.45, 7) is 3.30. The number of hydrogen-bond donors (Lipinski definition) is 0. The molecule has 32 heavy (non-hydrogen) atoms. The number of carbonyl (C=O) groups excluding carboxylic acids is 1. The molecule has 1 aromatic rings. The van der Waals surface area contributed by atoms with Gasteiger partial charge in [0.05, 0.1) is 13.2 Å². The lowest BCUT2D eigenvalue weighted by molar-refractivity contribution is -0.150. The van der Waals surface area contributed by atoms with Crippen LogP contribution in [0.5, 0.6) is 0 Å². The predicted molar refractivity (Wildman–Crippen MR) is 144 cm³/mol. The summed E-state index contributed by atoms with van der Waals surface area (Å²) in [5, 5.41) is 0.